The fourth-order valence-electron chi connectivity index (χ4n) is 5.87. The van der Waals surface area contributed by atoms with Crippen molar-refractivity contribution in [2.75, 3.05) is 54.1 Å². The predicted octanol–water partition coefficient (Wildman–Crippen LogP) is 11.1. The highest BCUT2D eigenvalue weighted by molar-refractivity contribution is 7.45. The Morgan fingerprint density at radius 1 is 0.551 bits per heavy atom. The summed E-state index contributed by atoms with van der Waals surface area (Å²) in [7, 11) is 1.42. The Bertz CT molecular complexity index is 761. The number of likely N-dealkylation sites (N-methyl/N-ethyl adjacent to an activating group) is 1. The number of carbonyl (C=O) groups is 1. The number of phosphoric acid groups is 1. The van der Waals surface area contributed by atoms with Crippen LogP contribution in [0.15, 0.2) is 0 Å². The van der Waals surface area contributed by atoms with E-state index < -0.39 is 13.9 Å². The van der Waals surface area contributed by atoms with Gasteiger partial charge in [-0.1, -0.05) is 174 Å². The fraction of sp³-hybridized carbons (Fsp3) is 0.975. The van der Waals surface area contributed by atoms with Crippen LogP contribution in [-0.2, 0) is 27.9 Å². The van der Waals surface area contributed by atoms with E-state index in [9.17, 15) is 14.3 Å². The minimum atomic E-state index is -4.48. The van der Waals surface area contributed by atoms with Crippen LogP contribution in [0.25, 0.3) is 0 Å². The average Bonchev–Trinajstić information content (AvgIpc) is 3.05. The molecule has 8 nitrogen and oxygen atoms in total. The normalized spacial score (nSPS) is 13.8. The summed E-state index contributed by atoms with van der Waals surface area (Å²) in [5.74, 6) is -0.267. The maximum absolute atomic E-state index is 12.4. The molecule has 0 aromatic rings. The molecule has 2 atom stereocenters. The number of nitrogens with zero attached hydrogens (tertiary/aromatic N) is 1. The molecule has 1 unspecified atom stereocenters. The van der Waals surface area contributed by atoms with Crippen LogP contribution in [0.2, 0.25) is 0 Å². The van der Waals surface area contributed by atoms with Gasteiger partial charge >= 0.3 is 5.97 Å². The molecule has 0 bridgehead atoms. The number of phosphoric ester groups is 1. The van der Waals surface area contributed by atoms with E-state index in [1.807, 2.05) is 21.1 Å². The van der Waals surface area contributed by atoms with Crippen molar-refractivity contribution in [3.8, 4) is 0 Å². The molecule has 0 aliphatic rings. The quantitative estimate of drug-likeness (QED) is 0.0270. The second-order valence-corrected chi connectivity index (χ2v) is 16.8. The molecule has 0 heterocycles. The summed E-state index contributed by atoms with van der Waals surface area (Å²) in [6.45, 7) is 5.33. The number of ether oxygens (including phenoxy) is 2. The van der Waals surface area contributed by atoms with Crippen molar-refractivity contribution in [1.29, 1.82) is 0 Å². The van der Waals surface area contributed by atoms with Crippen LogP contribution in [0.5, 0.6) is 0 Å². The Morgan fingerprint density at radius 3 is 1.35 bits per heavy atom. The predicted molar refractivity (Wildman–Crippen MR) is 204 cm³/mol. The van der Waals surface area contributed by atoms with E-state index in [-0.39, 0.29) is 25.8 Å². The summed E-state index contributed by atoms with van der Waals surface area (Å²) < 4.78 is 34.6. The maximum atomic E-state index is 12.4. The first-order chi connectivity index (χ1) is 23.6. The van der Waals surface area contributed by atoms with E-state index in [1.165, 1.54) is 141 Å². The summed E-state index contributed by atoms with van der Waals surface area (Å²) in [4.78, 5) is 24.7. The molecule has 0 aliphatic heterocycles. The van der Waals surface area contributed by atoms with Gasteiger partial charge in [0.2, 0.25) is 0 Å². The minimum absolute atomic E-state index is 0.0192. The van der Waals surface area contributed by atoms with Crippen molar-refractivity contribution in [2.45, 2.75) is 200 Å². The molecular formula is C40H82NO7P. The molecule has 0 fully saturated rings. The summed E-state index contributed by atoms with van der Waals surface area (Å²) in [5.41, 5.74) is 0. The Hall–Kier alpha value is -0.500. The third kappa shape index (κ3) is 38.6. The lowest BCUT2D eigenvalue weighted by Gasteiger charge is -2.28. The fourth-order valence-corrected chi connectivity index (χ4v) is 6.60. The largest absolute Gasteiger partial charge is 0.756 e. The van der Waals surface area contributed by atoms with E-state index in [4.69, 9.17) is 18.5 Å². The Labute approximate surface area is 304 Å². The minimum Gasteiger partial charge on any atom is -0.756 e. The first kappa shape index (κ1) is 48.5. The number of hydrogen-bond acceptors (Lipinski definition) is 7. The van der Waals surface area contributed by atoms with Crippen LogP contribution in [0.3, 0.4) is 0 Å². The van der Waals surface area contributed by atoms with Gasteiger partial charge in [-0.2, -0.15) is 0 Å². The molecule has 0 rings (SSSR count). The summed E-state index contributed by atoms with van der Waals surface area (Å²) >= 11 is 0. The number of rotatable bonds is 39. The van der Waals surface area contributed by atoms with Crippen LogP contribution in [0.1, 0.15) is 194 Å². The standard InChI is InChI=1S/C40H82NO7P/c1-6-8-10-12-14-16-18-19-20-21-22-24-26-28-30-32-35-45-39(38-48-49(43,44)47-36-34-41(3,4)5)37-46-40(42)33-31-29-27-25-23-17-15-13-11-9-7-2/h39H,6-38H2,1-5H3/t39-/m1/s1. The van der Waals surface area contributed by atoms with Gasteiger partial charge in [0.1, 0.15) is 25.9 Å². The zero-order valence-electron chi connectivity index (χ0n) is 33.2. The van der Waals surface area contributed by atoms with Gasteiger partial charge < -0.3 is 27.9 Å². The summed E-state index contributed by atoms with van der Waals surface area (Å²) in [6.07, 6.45) is 34.0. The molecule has 0 N–H and O–H groups in total. The molecule has 0 saturated heterocycles. The molecule has 0 aromatic carbocycles. The van der Waals surface area contributed by atoms with Crippen molar-refractivity contribution >= 4 is 13.8 Å². The summed E-state index contributed by atoms with van der Waals surface area (Å²) in [6, 6.07) is 0. The van der Waals surface area contributed by atoms with Crippen LogP contribution in [-0.4, -0.2) is 70.7 Å². The molecule has 294 valence electrons. The number of unbranched alkanes of at least 4 members (excludes halogenated alkanes) is 25. The van der Waals surface area contributed by atoms with Gasteiger partial charge in [-0.25, -0.2) is 0 Å². The van der Waals surface area contributed by atoms with Gasteiger partial charge in [-0.15, -0.1) is 0 Å². The third-order valence-electron chi connectivity index (χ3n) is 9.20. The number of quaternary nitrogens is 1. The van der Waals surface area contributed by atoms with Gasteiger partial charge in [0.15, 0.2) is 0 Å². The zero-order chi connectivity index (χ0) is 36.3. The first-order valence-corrected chi connectivity index (χ1v) is 22.2. The van der Waals surface area contributed by atoms with Gasteiger partial charge in [0.05, 0.1) is 27.7 Å². The van der Waals surface area contributed by atoms with E-state index in [2.05, 4.69) is 13.8 Å². The molecule has 0 spiro atoms. The van der Waals surface area contributed by atoms with E-state index in [0.29, 0.717) is 24.1 Å². The maximum Gasteiger partial charge on any atom is 0.305 e. The molecule has 0 aromatic heterocycles. The van der Waals surface area contributed by atoms with Crippen LogP contribution < -0.4 is 4.89 Å². The van der Waals surface area contributed by atoms with Crippen molar-refractivity contribution < 1.29 is 37.3 Å². The smallest absolute Gasteiger partial charge is 0.305 e. The topological polar surface area (TPSA) is 94.1 Å². The van der Waals surface area contributed by atoms with Crippen LogP contribution in [0.4, 0.5) is 0 Å². The second-order valence-electron chi connectivity index (χ2n) is 15.4. The van der Waals surface area contributed by atoms with Crippen molar-refractivity contribution in [1.82, 2.24) is 0 Å². The van der Waals surface area contributed by atoms with Gasteiger partial charge in [-0.3, -0.25) is 9.36 Å². The number of carbonyl (C=O) groups excluding carboxylic acids is 1. The van der Waals surface area contributed by atoms with Crippen molar-refractivity contribution in [2.24, 2.45) is 0 Å². The SMILES string of the molecule is CCCCCCCCCCCCCCCCCCO[C@H](COC(=O)CCCCCCCCCCCCC)COP(=O)([O-])OCC[N+](C)(C)C. The third-order valence-corrected chi connectivity index (χ3v) is 10.2. The number of esters is 1. The number of hydrogen-bond donors (Lipinski definition) is 0. The molecule has 0 radical (unpaired) electrons. The van der Waals surface area contributed by atoms with Crippen molar-refractivity contribution in [3.63, 3.8) is 0 Å². The zero-order valence-corrected chi connectivity index (χ0v) is 34.1. The molecule has 0 aliphatic carbocycles. The van der Waals surface area contributed by atoms with Crippen molar-refractivity contribution in [3.05, 3.63) is 0 Å². The highest BCUT2D eigenvalue weighted by Gasteiger charge is 2.19. The monoisotopic (exact) mass is 720 g/mol. The van der Waals surface area contributed by atoms with E-state index >= 15 is 0 Å². The van der Waals surface area contributed by atoms with Crippen LogP contribution >= 0.6 is 7.82 Å². The molecule has 9 heteroatoms. The highest BCUT2D eigenvalue weighted by atomic mass is 31.2. The van der Waals surface area contributed by atoms with Gasteiger partial charge in [0, 0.05) is 13.0 Å². The molecule has 0 saturated carbocycles. The summed E-state index contributed by atoms with van der Waals surface area (Å²) in [5, 5.41) is 0. The highest BCUT2D eigenvalue weighted by Crippen LogP contribution is 2.38. The Morgan fingerprint density at radius 2 is 0.939 bits per heavy atom. The molecule has 49 heavy (non-hydrogen) atoms. The van der Waals surface area contributed by atoms with Crippen LogP contribution in [0, 0.1) is 0 Å². The van der Waals surface area contributed by atoms with E-state index in [0.717, 1.165) is 32.1 Å². The molecule has 0 amide bonds. The Kier molecular flexibility index (Phi) is 34.2. The van der Waals surface area contributed by atoms with E-state index in [1.54, 1.807) is 0 Å². The first-order valence-electron chi connectivity index (χ1n) is 20.8. The average molecular weight is 720 g/mol. The van der Waals surface area contributed by atoms with Gasteiger partial charge in [0.25, 0.3) is 7.82 Å². The lowest BCUT2D eigenvalue weighted by molar-refractivity contribution is -0.870. The lowest BCUT2D eigenvalue weighted by atomic mass is 10.0. The Balaban J connectivity index is 4.20. The lowest BCUT2D eigenvalue weighted by Crippen LogP contribution is -2.37. The molecular weight excluding hydrogens is 637 g/mol. The van der Waals surface area contributed by atoms with Gasteiger partial charge in [-0.05, 0) is 12.8 Å². The second kappa shape index (κ2) is 34.6.